The lowest BCUT2D eigenvalue weighted by atomic mass is 10.0. The molecule has 0 saturated heterocycles. The van der Waals surface area contributed by atoms with E-state index in [2.05, 4.69) is 26.5 Å². The Hall–Kier alpha value is -3.06. The highest BCUT2D eigenvalue weighted by Gasteiger charge is 2.12. The molecule has 0 bridgehead atoms. The van der Waals surface area contributed by atoms with Crippen LogP contribution >= 0.6 is 15.9 Å². The zero-order valence-electron chi connectivity index (χ0n) is 14.7. The van der Waals surface area contributed by atoms with Gasteiger partial charge < -0.3 is 14.6 Å². The second-order valence-corrected chi connectivity index (χ2v) is 6.54. The first-order chi connectivity index (χ1) is 13.0. The van der Waals surface area contributed by atoms with Crippen LogP contribution in [0.25, 0.3) is 10.8 Å². The van der Waals surface area contributed by atoms with Crippen LogP contribution in [0.3, 0.4) is 0 Å². The number of hydrogen-bond acceptors (Lipinski definition) is 5. The van der Waals surface area contributed by atoms with Crippen LogP contribution < -0.4 is 14.9 Å². The van der Waals surface area contributed by atoms with Crippen molar-refractivity contribution in [2.45, 2.75) is 0 Å². The van der Waals surface area contributed by atoms with Crippen molar-refractivity contribution < 1.29 is 19.4 Å². The molecule has 0 aliphatic carbocycles. The third-order valence-corrected chi connectivity index (χ3v) is 4.51. The third-order valence-electron chi connectivity index (χ3n) is 4.01. The van der Waals surface area contributed by atoms with Gasteiger partial charge in [-0.1, -0.05) is 28.1 Å². The second kappa shape index (κ2) is 8.09. The van der Waals surface area contributed by atoms with Crippen LogP contribution in [0.1, 0.15) is 15.9 Å². The van der Waals surface area contributed by atoms with Crippen LogP contribution in [-0.2, 0) is 0 Å². The number of carbonyl (C=O) groups excluding carboxylic acids is 1. The van der Waals surface area contributed by atoms with Gasteiger partial charge in [-0.15, -0.1) is 0 Å². The number of ether oxygens (including phenoxy) is 2. The fraction of sp³-hybridized carbons (Fsp3) is 0.100. The number of halogens is 1. The minimum atomic E-state index is -0.526. The number of phenolic OH excluding ortho intramolecular Hbond substituents is 1. The molecule has 0 fully saturated rings. The van der Waals surface area contributed by atoms with Crippen molar-refractivity contribution in [2.75, 3.05) is 14.2 Å². The molecule has 7 heteroatoms. The highest BCUT2D eigenvalue weighted by molar-refractivity contribution is 9.10. The summed E-state index contributed by atoms with van der Waals surface area (Å²) >= 11 is 3.27. The Balaban J connectivity index is 1.93. The van der Waals surface area contributed by atoms with E-state index in [0.29, 0.717) is 21.5 Å². The number of phenols is 1. The zero-order valence-corrected chi connectivity index (χ0v) is 16.3. The van der Waals surface area contributed by atoms with Gasteiger partial charge in [-0.25, -0.2) is 5.43 Å². The van der Waals surface area contributed by atoms with Gasteiger partial charge >= 0.3 is 0 Å². The maximum Gasteiger partial charge on any atom is 0.275 e. The fourth-order valence-electron chi connectivity index (χ4n) is 2.65. The Morgan fingerprint density at radius 1 is 1.11 bits per heavy atom. The molecule has 27 heavy (non-hydrogen) atoms. The van der Waals surface area contributed by atoms with Crippen molar-refractivity contribution in [1.82, 2.24) is 5.43 Å². The Kier molecular flexibility index (Phi) is 5.61. The molecule has 3 aromatic rings. The Bertz CT molecular complexity index is 1030. The van der Waals surface area contributed by atoms with E-state index in [1.54, 1.807) is 20.3 Å². The van der Waals surface area contributed by atoms with Crippen molar-refractivity contribution in [3.8, 4) is 17.2 Å². The lowest BCUT2D eigenvalue weighted by Crippen LogP contribution is -2.17. The number of hydrazone groups is 1. The van der Waals surface area contributed by atoms with Crippen molar-refractivity contribution >= 4 is 38.8 Å². The standard InChI is InChI=1S/C20H17BrN2O4/c1-26-14-6-3-12-4-8-19(27-2)17(15(12)10-14)11-22-23-20(25)16-9-13(21)5-7-18(16)24/h3-11,24H,1-2H3,(H,23,25)/b22-11-. The van der Waals surface area contributed by atoms with Crippen LogP contribution in [0.5, 0.6) is 17.2 Å². The molecule has 0 radical (unpaired) electrons. The molecule has 0 aliphatic heterocycles. The molecule has 0 saturated carbocycles. The van der Waals surface area contributed by atoms with Crippen molar-refractivity contribution in [3.63, 3.8) is 0 Å². The molecule has 2 N–H and O–H groups in total. The number of rotatable bonds is 5. The van der Waals surface area contributed by atoms with E-state index in [1.165, 1.54) is 18.3 Å². The van der Waals surface area contributed by atoms with Crippen LogP contribution in [0, 0.1) is 0 Å². The van der Waals surface area contributed by atoms with Crippen molar-refractivity contribution in [3.05, 3.63) is 64.1 Å². The molecular formula is C20H17BrN2O4. The SMILES string of the molecule is COc1ccc2ccc(OC)c(/C=N\NC(=O)c3cc(Br)ccc3O)c2c1. The summed E-state index contributed by atoms with van der Waals surface area (Å²) in [6, 6.07) is 14.0. The van der Waals surface area contributed by atoms with E-state index in [0.717, 1.165) is 10.8 Å². The first-order valence-corrected chi connectivity index (χ1v) is 8.79. The average molecular weight is 429 g/mol. The number of fused-ring (bicyclic) bond motifs is 1. The Morgan fingerprint density at radius 3 is 2.63 bits per heavy atom. The van der Waals surface area contributed by atoms with E-state index >= 15 is 0 Å². The predicted octanol–water partition coefficient (Wildman–Crippen LogP) is 4.09. The summed E-state index contributed by atoms with van der Waals surface area (Å²) in [5.41, 5.74) is 3.24. The molecule has 138 valence electrons. The molecule has 0 spiro atoms. The van der Waals surface area contributed by atoms with E-state index in [-0.39, 0.29) is 11.3 Å². The molecule has 3 aromatic carbocycles. The summed E-state index contributed by atoms with van der Waals surface area (Å²) in [7, 11) is 3.16. The first-order valence-electron chi connectivity index (χ1n) is 8.00. The summed E-state index contributed by atoms with van der Waals surface area (Å²) in [4.78, 5) is 12.3. The number of amides is 1. The maximum atomic E-state index is 12.3. The first kappa shape index (κ1) is 18.7. The lowest BCUT2D eigenvalue weighted by Gasteiger charge is -2.10. The van der Waals surface area contributed by atoms with E-state index in [1.807, 2.05) is 30.3 Å². The topological polar surface area (TPSA) is 80.2 Å². The molecule has 0 atom stereocenters. The number of benzene rings is 3. The quantitative estimate of drug-likeness (QED) is 0.473. The van der Waals surface area contributed by atoms with Crippen molar-refractivity contribution in [2.24, 2.45) is 5.10 Å². The maximum absolute atomic E-state index is 12.3. The Morgan fingerprint density at radius 2 is 1.89 bits per heavy atom. The molecule has 0 unspecified atom stereocenters. The van der Waals surface area contributed by atoms with E-state index < -0.39 is 5.91 Å². The minimum Gasteiger partial charge on any atom is -0.507 e. The molecule has 0 aliphatic rings. The molecule has 6 nitrogen and oxygen atoms in total. The van der Waals surface area contributed by atoms with Gasteiger partial charge in [0.1, 0.15) is 17.2 Å². The number of nitrogens with zero attached hydrogens (tertiary/aromatic N) is 1. The molecule has 0 heterocycles. The highest BCUT2D eigenvalue weighted by Crippen LogP contribution is 2.29. The third kappa shape index (κ3) is 4.03. The monoisotopic (exact) mass is 428 g/mol. The van der Waals surface area contributed by atoms with E-state index in [9.17, 15) is 9.90 Å². The molecule has 3 rings (SSSR count). The van der Waals surface area contributed by atoms with Gasteiger partial charge in [0.25, 0.3) is 5.91 Å². The Labute approximate surface area is 164 Å². The molecular weight excluding hydrogens is 412 g/mol. The zero-order chi connectivity index (χ0) is 19.4. The summed E-state index contributed by atoms with van der Waals surface area (Å²) in [6.45, 7) is 0. The minimum absolute atomic E-state index is 0.119. The summed E-state index contributed by atoms with van der Waals surface area (Å²) in [5, 5.41) is 15.7. The molecule has 1 amide bonds. The van der Waals surface area contributed by atoms with Gasteiger partial charge in [0, 0.05) is 10.0 Å². The van der Waals surface area contributed by atoms with Gasteiger partial charge in [0.15, 0.2) is 0 Å². The van der Waals surface area contributed by atoms with Gasteiger partial charge in [-0.3, -0.25) is 4.79 Å². The van der Waals surface area contributed by atoms with E-state index in [4.69, 9.17) is 9.47 Å². The van der Waals surface area contributed by atoms with Crippen LogP contribution in [0.4, 0.5) is 0 Å². The van der Waals surface area contributed by atoms with Crippen molar-refractivity contribution in [1.29, 1.82) is 0 Å². The van der Waals surface area contributed by atoms with Crippen LogP contribution in [0.15, 0.2) is 58.1 Å². The van der Waals surface area contributed by atoms with Gasteiger partial charge in [0.2, 0.25) is 0 Å². The van der Waals surface area contributed by atoms with Gasteiger partial charge in [0.05, 0.1) is 26.0 Å². The normalized spacial score (nSPS) is 10.9. The summed E-state index contributed by atoms with van der Waals surface area (Å²) in [6.07, 6.45) is 1.51. The van der Waals surface area contributed by atoms with Crippen LogP contribution in [0.2, 0.25) is 0 Å². The number of aromatic hydroxyl groups is 1. The fourth-order valence-corrected chi connectivity index (χ4v) is 3.01. The highest BCUT2D eigenvalue weighted by atomic mass is 79.9. The lowest BCUT2D eigenvalue weighted by molar-refractivity contribution is 0.0952. The number of carbonyl (C=O) groups is 1. The number of methoxy groups -OCH3 is 2. The molecule has 0 aromatic heterocycles. The summed E-state index contributed by atoms with van der Waals surface area (Å²) in [5.74, 6) is 0.660. The van der Waals surface area contributed by atoms with Crippen LogP contribution in [-0.4, -0.2) is 31.4 Å². The second-order valence-electron chi connectivity index (χ2n) is 5.63. The van der Waals surface area contributed by atoms with Gasteiger partial charge in [-0.05, 0) is 47.2 Å². The number of hydrogen-bond donors (Lipinski definition) is 2. The average Bonchev–Trinajstić information content (AvgIpc) is 2.69. The summed E-state index contributed by atoms with van der Waals surface area (Å²) < 4.78 is 11.4. The largest absolute Gasteiger partial charge is 0.507 e. The smallest absolute Gasteiger partial charge is 0.275 e. The number of nitrogens with one attached hydrogen (secondary N) is 1. The van der Waals surface area contributed by atoms with Gasteiger partial charge in [-0.2, -0.15) is 5.10 Å². The predicted molar refractivity (Wildman–Crippen MR) is 108 cm³/mol.